The molecule has 0 aliphatic carbocycles. The van der Waals surface area contributed by atoms with Crippen LogP contribution in [0, 0.1) is 6.92 Å². The summed E-state index contributed by atoms with van der Waals surface area (Å²) in [6.45, 7) is 4.03. The van der Waals surface area contributed by atoms with Gasteiger partial charge < -0.3 is 5.73 Å². The van der Waals surface area contributed by atoms with E-state index in [-0.39, 0.29) is 0 Å². The summed E-state index contributed by atoms with van der Waals surface area (Å²) in [6.07, 6.45) is 1.03. The minimum atomic E-state index is 0.557. The van der Waals surface area contributed by atoms with Crippen molar-refractivity contribution >= 4 is 5.82 Å². The Morgan fingerprint density at radius 2 is 1.81 bits per heavy atom. The lowest BCUT2D eigenvalue weighted by Crippen LogP contribution is -2.05. The lowest BCUT2D eigenvalue weighted by molar-refractivity contribution is 0.813. The fourth-order valence-corrected chi connectivity index (χ4v) is 2.21. The van der Waals surface area contributed by atoms with Crippen molar-refractivity contribution < 1.29 is 0 Å². The first-order valence-electron chi connectivity index (χ1n) is 6.93. The number of aryl methyl sites for hydroxylation is 2. The molecule has 2 heterocycles. The Bertz CT molecular complexity index is 741. The molecule has 0 fully saturated rings. The van der Waals surface area contributed by atoms with Gasteiger partial charge in [-0.2, -0.15) is 9.78 Å². The van der Waals surface area contributed by atoms with Gasteiger partial charge in [0.1, 0.15) is 5.82 Å². The quantitative estimate of drug-likeness (QED) is 0.800. The van der Waals surface area contributed by atoms with E-state index in [4.69, 9.17) is 5.73 Å². The molecule has 0 spiro atoms. The molecular formula is C16H17N5. The predicted molar refractivity (Wildman–Crippen MR) is 83.1 cm³/mol. The zero-order chi connectivity index (χ0) is 14.8. The molecule has 0 aliphatic rings. The molecule has 2 N–H and O–H groups in total. The smallest absolute Gasteiger partial charge is 0.178 e. The van der Waals surface area contributed by atoms with Crippen LogP contribution < -0.4 is 5.73 Å². The summed E-state index contributed by atoms with van der Waals surface area (Å²) < 4.78 is 1.59. The molecule has 0 bridgehead atoms. The van der Waals surface area contributed by atoms with Gasteiger partial charge in [-0.05, 0) is 31.0 Å². The summed E-state index contributed by atoms with van der Waals surface area (Å²) in [5, 5.41) is 12.8. The van der Waals surface area contributed by atoms with Crippen LogP contribution in [0.2, 0.25) is 0 Å². The molecule has 0 radical (unpaired) electrons. The first-order valence-corrected chi connectivity index (χ1v) is 6.93. The largest absolute Gasteiger partial charge is 0.384 e. The Labute approximate surface area is 123 Å². The van der Waals surface area contributed by atoms with Crippen LogP contribution in [0.25, 0.3) is 17.1 Å². The van der Waals surface area contributed by atoms with Crippen LogP contribution in [0.3, 0.4) is 0 Å². The Hall–Kier alpha value is -2.69. The van der Waals surface area contributed by atoms with Gasteiger partial charge in [0.05, 0.1) is 11.4 Å². The van der Waals surface area contributed by atoms with Gasteiger partial charge in [-0.1, -0.05) is 31.2 Å². The van der Waals surface area contributed by atoms with E-state index in [0.29, 0.717) is 11.6 Å². The zero-order valence-corrected chi connectivity index (χ0v) is 12.1. The number of nitrogens with two attached hydrogens (primary N) is 1. The van der Waals surface area contributed by atoms with Crippen molar-refractivity contribution in [2.45, 2.75) is 20.3 Å². The Kier molecular flexibility index (Phi) is 3.39. The normalized spacial score (nSPS) is 10.8. The molecule has 0 aliphatic heterocycles. The average Bonchev–Trinajstić information content (AvgIpc) is 2.86. The van der Waals surface area contributed by atoms with E-state index < -0.39 is 0 Å². The lowest BCUT2D eigenvalue weighted by atomic mass is 10.1. The molecule has 21 heavy (non-hydrogen) atoms. The summed E-state index contributed by atoms with van der Waals surface area (Å²) in [7, 11) is 0. The Morgan fingerprint density at radius 3 is 2.33 bits per heavy atom. The third-order valence-corrected chi connectivity index (χ3v) is 3.38. The van der Waals surface area contributed by atoms with Gasteiger partial charge in [0.2, 0.25) is 0 Å². The van der Waals surface area contributed by atoms with E-state index in [0.717, 1.165) is 23.4 Å². The van der Waals surface area contributed by atoms with Gasteiger partial charge in [-0.3, -0.25) is 0 Å². The standard InChI is InChI=1S/C16H17N5/c1-3-12-4-6-13(7-5-12)14-8-9-16(19-18-14)21-15(17)10-11(2)20-21/h4-10H,3,17H2,1-2H3. The maximum absolute atomic E-state index is 5.89. The van der Waals surface area contributed by atoms with Crippen molar-refractivity contribution in [3.05, 3.63) is 53.7 Å². The summed E-state index contributed by atoms with van der Waals surface area (Å²) in [5.41, 5.74) is 9.94. The number of hydrogen-bond donors (Lipinski definition) is 1. The number of anilines is 1. The van der Waals surface area contributed by atoms with Crippen molar-refractivity contribution in [2.24, 2.45) is 0 Å². The van der Waals surface area contributed by atoms with Crippen LogP contribution in [-0.2, 0) is 6.42 Å². The number of aromatic nitrogens is 4. The number of nitrogens with zero attached hydrogens (tertiary/aromatic N) is 4. The molecule has 0 amide bonds. The van der Waals surface area contributed by atoms with Crippen molar-refractivity contribution in [1.29, 1.82) is 0 Å². The van der Waals surface area contributed by atoms with E-state index >= 15 is 0 Å². The molecule has 0 saturated carbocycles. The average molecular weight is 279 g/mol. The zero-order valence-electron chi connectivity index (χ0n) is 12.1. The molecule has 0 saturated heterocycles. The molecule has 3 aromatic rings. The van der Waals surface area contributed by atoms with Gasteiger partial charge in [0.25, 0.3) is 0 Å². The fourth-order valence-electron chi connectivity index (χ4n) is 2.21. The number of nitrogen functional groups attached to an aromatic ring is 1. The van der Waals surface area contributed by atoms with Gasteiger partial charge in [-0.15, -0.1) is 10.2 Å². The highest BCUT2D eigenvalue weighted by molar-refractivity contribution is 5.59. The number of hydrogen-bond acceptors (Lipinski definition) is 4. The topological polar surface area (TPSA) is 69.6 Å². The summed E-state index contributed by atoms with van der Waals surface area (Å²) >= 11 is 0. The van der Waals surface area contributed by atoms with E-state index in [2.05, 4.69) is 46.5 Å². The Morgan fingerprint density at radius 1 is 1.05 bits per heavy atom. The summed E-state index contributed by atoms with van der Waals surface area (Å²) in [4.78, 5) is 0. The van der Waals surface area contributed by atoms with Crippen LogP contribution >= 0.6 is 0 Å². The first-order chi connectivity index (χ1) is 10.2. The van der Waals surface area contributed by atoms with E-state index in [1.807, 2.05) is 19.1 Å². The molecule has 2 aromatic heterocycles. The monoisotopic (exact) mass is 279 g/mol. The van der Waals surface area contributed by atoms with Crippen LogP contribution in [-0.4, -0.2) is 20.0 Å². The minimum absolute atomic E-state index is 0.557. The molecule has 0 atom stereocenters. The van der Waals surface area contributed by atoms with E-state index in [9.17, 15) is 0 Å². The first kappa shape index (κ1) is 13.3. The molecule has 5 nitrogen and oxygen atoms in total. The van der Waals surface area contributed by atoms with Gasteiger partial charge in [0.15, 0.2) is 5.82 Å². The maximum Gasteiger partial charge on any atom is 0.178 e. The highest BCUT2D eigenvalue weighted by Gasteiger charge is 2.07. The molecule has 1 aromatic carbocycles. The Balaban J connectivity index is 1.91. The highest BCUT2D eigenvalue weighted by Crippen LogP contribution is 2.19. The number of benzene rings is 1. The van der Waals surface area contributed by atoms with Crippen LogP contribution in [0.5, 0.6) is 0 Å². The molecule has 106 valence electrons. The van der Waals surface area contributed by atoms with Crippen molar-refractivity contribution in [3.8, 4) is 17.1 Å². The second-order valence-corrected chi connectivity index (χ2v) is 4.95. The maximum atomic E-state index is 5.89. The molecule has 0 unspecified atom stereocenters. The second-order valence-electron chi connectivity index (χ2n) is 4.95. The predicted octanol–water partition coefficient (Wildman–Crippen LogP) is 2.78. The molecule has 5 heteroatoms. The second kappa shape index (κ2) is 5.36. The van der Waals surface area contributed by atoms with Gasteiger partial charge in [-0.25, -0.2) is 0 Å². The van der Waals surface area contributed by atoms with Crippen molar-refractivity contribution in [3.63, 3.8) is 0 Å². The van der Waals surface area contributed by atoms with Crippen molar-refractivity contribution in [2.75, 3.05) is 5.73 Å². The molecular weight excluding hydrogens is 262 g/mol. The SMILES string of the molecule is CCc1ccc(-c2ccc(-n3nc(C)cc3N)nn2)cc1. The van der Waals surface area contributed by atoms with Gasteiger partial charge in [0, 0.05) is 11.6 Å². The summed E-state index contributed by atoms with van der Waals surface area (Å²) in [5.74, 6) is 1.18. The van der Waals surface area contributed by atoms with Crippen LogP contribution in [0.4, 0.5) is 5.82 Å². The third kappa shape index (κ3) is 2.63. The van der Waals surface area contributed by atoms with E-state index in [1.165, 1.54) is 5.56 Å². The fraction of sp³-hybridized carbons (Fsp3) is 0.188. The summed E-state index contributed by atoms with van der Waals surface area (Å²) in [6, 6.07) is 14.0. The lowest BCUT2D eigenvalue weighted by Gasteiger charge is -2.04. The number of rotatable bonds is 3. The van der Waals surface area contributed by atoms with Gasteiger partial charge >= 0.3 is 0 Å². The van der Waals surface area contributed by atoms with Crippen LogP contribution in [0.1, 0.15) is 18.2 Å². The third-order valence-electron chi connectivity index (χ3n) is 3.38. The highest BCUT2D eigenvalue weighted by atomic mass is 15.4. The van der Waals surface area contributed by atoms with Crippen molar-refractivity contribution in [1.82, 2.24) is 20.0 Å². The minimum Gasteiger partial charge on any atom is -0.384 e. The molecule has 3 rings (SSSR count). The van der Waals surface area contributed by atoms with E-state index in [1.54, 1.807) is 10.7 Å². The van der Waals surface area contributed by atoms with Crippen LogP contribution in [0.15, 0.2) is 42.5 Å².